The van der Waals surface area contributed by atoms with Crippen molar-refractivity contribution in [2.45, 2.75) is 0 Å². The molecule has 0 aliphatic heterocycles. The maximum Gasteiger partial charge on any atom is 0.238 e. The number of benzene rings is 7. The van der Waals surface area contributed by atoms with E-state index in [4.69, 9.17) is 24.9 Å². The fourth-order valence-electron chi connectivity index (χ4n) is 8.15. The molecule has 0 amide bonds. The van der Waals surface area contributed by atoms with Crippen LogP contribution < -0.4 is 0 Å². The Bertz CT molecular complexity index is 3480. The molecule has 5 heterocycles. The largest absolute Gasteiger partial charge is 0.278 e. The standard InChI is InChI=1S/C49H28N6S2/c1-3-15-29(16-4-1)46-50-42-33-21-9-12-27-39(33)56-45(42)43(51-46)36-24-13-22-34-41-35(23-14-28-40(41)57-44(34)36)48-52-47(30-17-5-2-6-18-30)53-49(54-48)55-37-25-10-7-19-31(37)32-20-8-11-26-38(32)55/h1-28H. The highest BCUT2D eigenvalue weighted by Crippen LogP contribution is 2.46. The predicted molar refractivity (Wildman–Crippen MR) is 237 cm³/mol. The molecule has 57 heavy (non-hydrogen) atoms. The van der Waals surface area contributed by atoms with Crippen molar-refractivity contribution in [3.05, 3.63) is 170 Å². The van der Waals surface area contributed by atoms with Crippen molar-refractivity contribution >= 4 is 85.0 Å². The van der Waals surface area contributed by atoms with Crippen LogP contribution in [0.4, 0.5) is 0 Å². The Morgan fingerprint density at radius 1 is 0.368 bits per heavy atom. The van der Waals surface area contributed by atoms with Crippen LogP contribution in [-0.4, -0.2) is 29.5 Å². The first-order valence-corrected chi connectivity index (χ1v) is 20.4. The Morgan fingerprint density at radius 2 is 0.912 bits per heavy atom. The Morgan fingerprint density at radius 3 is 1.65 bits per heavy atom. The highest BCUT2D eigenvalue weighted by molar-refractivity contribution is 7.27. The first kappa shape index (κ1) is 32.1. The molecule has 8 heteroatoms. The number of hydrogen-bond donors (Lipinski definition) is 0. The SMILES string of the molecule is c1ccc(-c2nc(-c3cccc4sc5c(-c6nc(-c7ccccc7)nc7c6sc6ccccc67)cccc5c34)nc(-n3c4ccccc4c4ccccc43)n2)cc1. The van der Waals surface area contributed by atoms with Crippen LogP contribution in [0, 0.1) is 0 Å². The van der Waals surface area contributed by atoms with Crippen molar-refractivity contribution in [2.75, 3.05) is 0 Å². The molecule has 0 saturated carbocycles. The third-order valence-electron chi connectivity index (χ3n) is 10.7. The summed E-state index contributed by atoms with van der Waals surface area (Å²) in [5.74, 6) is 2.54. The minimum Gasteiger partial charge on any atom is -0.278 e. The molecule has 12 aromatic rings. The third-order valence-corrected chi connectivity index (χ3v) is 13.1. The average molecular weight is 765 g/mol. The lowest BCUT2D eigenvalue weighted by atomic mass is 10.0. The van der Waals surface area contributed by atoms with Gasteiger partial charge in [0.05, 0.1) is 26.9 Å². The maximum atomic E-state index is 5.34. The van der Waals surface area contributed by atoms with Crippen LogP contribution in [0.3, 0.4) is 0 Å². The van der Waals surface area contributed by atoms with Crippen molar-refractivity contribution in [1.29, 1.82) is 0 Å². The van der Waals surface area contributed by atoms with E-state index < -0.39 is 0 Å². The summed E-state index contributed by atoms with van der Waals surface area (Å²) < 4.78 is 6.77. The van der Waals surface area contributed by atoms with Gasteiger partial charge in [0.1, 0.15) is 0 Å². The molecule has 6 nitrogen and oxygen atoms in total. The Balaban J connectivity index is 1.12. The molecular formula is C49H28N6S2. The van der Waals surface area contributed by atoms with E-state index >= 15 is 0 Å². The topological polar surface area (TPSA) is 69.4 Å². The van der Waals surface area contributed by atoms with Crippen LogP contribution >= 0.6 is 22.7 Å². The summed E-state index contributed by atoms with van der Waals surface area (Å²) in [6.07, 6.45) is 0. The zero-order chi connectivity index (χ0) is 37.5. The molecule has 0 unspecified atom stereocenters. The normalized spacial score (nSPS) is 11.9. The summed E-state index contributed by atoms with van der Waals surface area (Å²) in [7, 11) is 0. The molecule has 0 radical (unpaired) electrons. The molecule has 7 aromatic carbocycles. The second kappa shape index (κ2) is 12.7. The summed E-state index contributed by atoms with van der Waals surface area (Å²) in [5.41, 5.74) is 7.98. The number of para-hydroxylation sites is 2. The van der Waals surface area contributed by atoms with Gasteiger partial charge in [0.15, 0.2) is 17.5 Å². The van der Waals surface area contributed by atoms with Gasteiger partial charge < -0.3 is 0 Å². The summed E-state index contributed by atoms with van der Waals surface area (Å²) >= 11 is 3.54. The third kappa shape index (κ3) is 5.05. The molecule has 266 valence electrons. The molecule has 0 atom stereocenters. The Hall–Kier alpha value is -7.13. The van der Waals surface area contributed by atoms with Gasteiger partial charge in [-0.2, -0.15) is 9.97 Å². The molecule has 0 bridgehead atoms. The number of fused-ring (bicyclic) bond motifs is 9. The predicted octanol–water partition coefficient (Wildman–Crippen LogP) is 13.2. The van der Waals surface area contributed by atoms with Crippen LogP contribution in [-0.2, 0) is 0 Å². The van der Waals surface area contributed by atoms with Gasteiger partial charge in [0, 0.05) is 63.3 Å². The molecule has 0 N–H and O–H groups in total. The highest BCUT2D eigenvalue weighted by Gasteiger charge is 2.23. The van der Waals surface area contributed by atoms with Gasteiger partial charge in [-0.15, -0.1) is 22.7 Å². The lowest BCUT2D eigenvalue weighted by Gasteiger charge is -2.11. The van der Waals surface area contributed by atoms with Crippen LogP contribution in [0.25, 0.3) is 114 Å². The molecule has 0 aliphatic rings. The van der Waals surface area contributed by atoms with Crippen molar-refractivity contribution in [2.24, 2.45) is 0 Å². The van der Waals surface area contributed by atoms with Gasteiger partial charge in [-0.25, -0.2) is 15.0 Å². The molecule has 0 aliphatic carbocycles. The summed E-state index contributed by atoms with van der Waals surface area (Å²) in [4.78, 5) is 26.2. The first-order valence-electron chi connectivity index (χ1n) is 18.8. The molecule has 0 spiro atoms. The molecule has 0 fully saturated rings. The number of hydrogen-bond acceptors (Lipinski definition) is 7. The van der Waals surface area contributed by atoms with E-state index in [0.29, 0.717) is 17.6 Å². The Kier molecular flexibility index (Phi) is 7.17. The van der Waals surface area contributed by atoms with E-state index in [9.17, 15) is 0 Å². The highest BCUT2D eigenvalue weighted by atomic mass is 32.1. The van der Waals surface area contributed by atoms with Gasteiger partial charge in [0.2, 0.25) is 5.95 Å². The fraction of sp³-hybridized carbons (Fsp3) is 0. The smallest absolute Gasteiger partial charge is 0.238 e. The van der Waals surface area contributed by atoms with Crippen LogP contribution in [0.1, 0.15) is 0 Å². The van der Waals surface area contributed by atoms with E-state index in [2.05, 4.69) is 138 Å². The average Bonchev–Trinajstić information content (AvgIpc) is 3.96. The lowest BCUT2D eigenvalue weighted by molar-refractivity contribution is 0.954. The van der Waals surface area contributed by atoms with Gasteiger partial charge in [-0.05, 0) is 24.3 Å². The van der Waals surface area contributed by atoms with Gasteiger partial charge in [-0.3, -0.25) is 4.57 Å². The van der Waals surface area contributed by atoms with E-state index in [0.717, 1.165) is 91.4 Å². The van der Waals surface area contributed by atoms with E-state index in [1.165, 1.54) is 4.70 Å². The van der Waals surface area contributed by atoms with Crippen molar-refractivity contribution in [3.63, 3.8) is 0 Å². The minimum atomic E-state index is 0.579. The zero-order valence-electron chi connectivity index (χ0n) is 30.2. The van der Waals surface area contributed by atoms with Gasteiger partial charge in [0.25, 0.3) is 0 Å². The monoisotopic (exact) mass is 764 g/mol. The summed E-state index contributed by atoms with van der Waals surface area (Å²) in [6, 6.07) is 58.9. The zero-order valence-corrected chi connectivity index (χ0v) is 31.8. The van der Waals surface area contributed by atoms with Gasteiger partial charge >= 0.3 is 0 Å². The first-order chi connectivity index (χ1) is 28.3. The van der Waals surface area contributed by atoms with Crippen molar-refractivity contribution < 1.29 is 0 Å². The van der Waals surface area contributed by atoms with Crippen molar-refractivity contribution in [1.82, 2.24) is 29.5 Å². The van der Waals surface area contributed by atoms with E-state index in [1.807, 2.05) is 36.4 Å². The van der Waals surface area contributed by atoms with Crippen LogP contribution in [0.15, 0.2) is 170 Å². The fourth-order valence-corrected chi connectivity index (χ4v) is 10.5. The lowest BCUT2D eigenvalue weighted by Crippen LogP contribution is -2.06. The minimum absolute atomic E-state index is 0.579. The molecule has 5 aromatic heterocycles. The second-order valence-electron chi connectivity index (χ2n) is 14.0. The number of nitrogens with zero attached hydrogens (tertiary/aromatic N) is 6. The van der Waals surface area contributed by atoms with E-state index in [-0.39, 0.29) is 0 Å². The number of thiophene rings is 2. The van der Waals surface area contributed by atoms with Crippen LogP contribution in [0.5, 0.6) is 0 Å². The molecular weight excluding hydrogens is 737 g/mol. The maximum absolute atomic E-state index is 5.34. The van der Waals surface area contributed by atoms with Gasteiger partial charge in [-0.1, -0.05) is 146 Å². The Labute approximate surface area is 334 Å². The molecule has 12 rings (SSSR count). The number of rotatable bonds is 5. The van der Waals surface area contributed by atoms with E-state index in [1.54, 1.807) is 22.7 Å². The summed E-state index contributed by atoms with van der Waals surface area (Å²) in [6.45, 7) is 0. The van der Waals surface area contributed by atoms with Crippen molar-refractivity contribution in [3.8, 4) is 51.4 Å². The number of aromatic nitrogens is 6. The van der Waals surface area contributed by atoms with Crippen LogP contribution in [0.2, 0.25) is 0 Å². The second-order valence-corrected chi connectivity index (χ2v) is 16.1. The summed E-state index contributed by atoms with van der Waals surface area (Å²) in [5, 5.41) is 5.71. The quantitative estimate of drug-likeness (QED) is 0.175. The molecule has 0 saturated heterocycles.